The van der Waals surface area contributed by atoms with Gasteiger partial charge in [0, 0.05) is 13.1 Å². The molecule has 0 bridgehead atoms. The van der Waals surface area contributed by atoms with Crippen LogP contribution in [0.1, 0.15) is 43.9 Å². The summed E-state index contributed by atoms with van der Waals surface area (Å²) >= 11 is 0. The molecule has 0 aliphatic carbocycles. The number of anilines is 1. The standard InChI is InChI=1S/C26H37N3O4S/c1-7-24(26(31)27-16-19(2)3)28(17-22-13-11-20(4)12-14-22)25(30)18-29(34(6,32)33)23-10-8-9-21(5)15-23/h8-15,19,24H,7,16-18H2,1-6H3,(H,27,31)/t24-/m1/s1. The van der Waals surface area contributed by atoms with Crippen molar-refractivity contribution in [2.24, 2.45) is 5.92 Å². The predicted octanol–water partition coefficient (Wildman–Crippen LogP) is 3.65. The zero-order chi connectivity index (χ0) is 25.5. The molecule has 8 heteroatoms. The first kappa shape index (κ1) is 27.4. The van der Waals surface area contributed by atoms with Crippen LogP contribution in [-0.2, 0) is 26.2 Å². The van der Waals surface area contributed by atoms with E-state index in [2.05, 4.69) is 5.32 Å². The van der Waals surface area contributed by atoms with E-state index in [-0.39, 0.29) is 24.9 Å². The average Bonchev–Trinajstić information content (AvgIpc) is 2.76. The first-order chi connectivity index (χ1) is 15.9. The van der Waals surface area contributed by atoms with Crippen molar-refractivity contribution < 1.29 is 18.0 Å². The Balaban J connectivity index is 2.41. The monoisotopic (exact) mass is 487 g/mol. The van der Waals surface area contributed by atoms with Crippen LogP contribution in [0.25, 0.3) is 0 Å². The van der Waals surface area contributed by atoms with Crippen LogP contribution in [0.4, 0.5) is 5.69 Å². The van der Waals surface area contributed by atoms with Crippen molar-refractivity contribution in [1.82, 2.24) is 10.2 Å². The summed E-state index contributed by atoms with van der Waals surface area (Å²) < 4.78 is 26.3. The number of nitrogens with one attached hydrogen (secondary N) is 1. The highest BCUT2D eigenvalue weighted by molar-refractivity contribution is 7.92. The van der Waals surface area contributed by atoms with Crippen LogP contribution in [0, 0.1) is 19.8 Å². The van der Waals surface area contributed by atoms with Crippen LogP contribution in [-0.4, -0.2) is 50.5 Å². The molecule has 0 spiro atoms. The van der Waals surface area contributed by atoms with Crippen molar-refractivity contribution in [2.75, 3.05) is 23.7 Å². The number of sulfonamides is 1. The lowest BCUT2D eigenvalue weighted by molar-refractivity contribution is -0.140. The average molecular weight is 488 g/mol. The molecule has 0 aliphatic heterocycles. The number of benzene rings is 2. The molecule has 7 nitrogen and oxygen atoms in total. The van der Waals surface area contributed by atoms with Crippen LogP contribution in [0.5, 0.6) is 0 Å². The number of hydrogen-bond donors (Lipinski definition) is 1. The second-order valence-corrected chi connectivity index (χ2v) is 11.1. The molecular formula is C26H37N3O4S. The SMILES string of the molecule is CC[C@H](C(=O)NCC(C)C)N(Cc1ccc(C)cc1)C(=O)CN(c1cccc(C)c1)S(C)(=O)=O. The Morgan fingerprint density at radius 2 is 1.65 bits per heavy atom. The fourth-order valence-corrected chi connectivity index (χ4v) is 4.47. The third-order valence-corrected chi connectivity index (χ3v) is 6.65. The molecule has 1 atom stereocenters. The molecule has 1 N–H and O–H groups in total. The second kappa shape index (κ2) is 12.0. The van der Waals surface area contributed by atoms with Crippen molar-refractivity contribution in [3.63, 3.8) is 0 Å². The first-order valence-corrected chi connectivity index (χ1v) is 13.4. The summed E-state index contributed by atoms with van der Waals surface area (Å²) in [5.74, 6) is -0.401. The predicted molar refractivity (Wildman–Crippen MR) is 137 cm³/mol. The fourth-order valence-electron chi connectivity index (χ4n) is 3.63. The summed E-state index contributed by atoms with van der Waals surface area (Å²) in [5, 5.41) is 2.92. The van der Waals surface area contributed by atoms with Crippen molar-refractivity contribution in [1.29, 1.82) is 0 Å². The van der Waals surface area contributed by atoms with Crippen molar-refractivity contribution in [3.05, 3.63) is 65.2 Å². The minimum atomic E-state index is -3.73. The Bertz CT molecular complexity index is 1080. The zero-order valence-corrected chi connectivity index (χ0v) is 21.9. The third-order valence-electron chi connectivity index (χ3n) is 5.51. The van der Waals surface area contributed by atoms with E-state index in [4.69, 9.17) is 0 Å². The Morgan fingerprint density at radius 1 is 1.00 bits per heavy atom. The smallest absolute Gasteiger partial charge is 0.244 e. The number of aryl methyl sites for hydroxylation is 2. The molecule has 0 heterocycles. The summed E-state index contributed by atoms with van der Waals surface area (Å²) in [4.78, 5) is 28.1. The quantitative estimate of drug-likeness (QED) is 0.524. The van der Waals surface area contributed by atoms with Crippen molar-refractivity contribution in [3.8, 4) is 0 Å². The van der Waals surface area contributed by atoms with E-state index >= 15 is 0 Å². The molecular weight excluding hydrogens is 450 g/mol. The molecule has 186 valence electrons. The molecule has 0 unspecified atom stereocenters. The lowest BCUT2D eigenvalue weighted by Crippen LogP contribution is -2.52. The molecule has 2 aromatic carbocycles. The van der Waals surface area contributed by atoms with Gasteiger partial charge >= 0.3 is 0 Å². The molecule has 0 saturated heterocycles. The van der Waals surface area contributed by atoms with Gasteiger partial charge in [0.2, 0.25) is 21.8 Å². The second-order valence-electron chi connectivity index (χ2n) is 9.18. The van der Waals surface area contributed by atoms with E-state index in [1.165, 1.54) is 4.90 Å². The number of hydrogen-bond acceptors (Lipinski definition) is 4. The lowest BCUT2D eigenvalue weighted by Gasteiger charge is -2.33. The highest BCUT2D eigenvalue weighted by Crippen LogP contribution is 2.21. The van der Waals surface area contributed by atoms with E-state index in [1.54, 1.807) is 18.2 Å². The molecule has 2 amide bonds. The molecule has 34 heavy (non-hydrogen) atoms. The maximum absolute atomic E-state index is 13.6. The van der Waals surface area contributed by atoms with E-state index in [1.807, 2.05) is 65.0 Å². The van der Waals surface area contributed by atoms with Crippen LogP contribution < -0.4 is 9.62 Å². The molecule has 0 aromatic heterocycles. The van der Waals surface area contributed by atoms with Crippen LogP contribution in [0.2, 0.25) is 0 Å². The van der Waals surface area contributed by atoms with Crippen LogP contribution in [0.3, 0.4) is 0 Å². The minimum Gasteiger partial charge on any atom is -0.354 e. The van der Waals surface area contributed by atoms with E-state index in [0.717, 1.165) is 27.3 Å². The van der Waals surface area contributed by atoms with E-state index in [9.17, 15) is 18.0 Å². The normalized spacial score (nSPS) is 12.3. The Hall–Kier alpha value is -2.87. The largest absolute Gasteiger partial charge is 0.354 e. The highest BCUT2D eigenvalue weighted by Gasteiger charge is 2.31. The lowest BCUT2D eigenvalue weighted by atomic mass is 10.1. The number of rotatable bonds is 11. The van der Waals surface area contributed by atoms with Gasteiger partial charge in [-0.1, -0.05) is 62.7 Å². The van der Waals surface area contributed by atoms with Gasteiger partial charge in [-0.25, -0.2) is 8.42 Å². The minimum absolute atomic E-state index is 0.206. The Labute approximate surface area is 204 Å². The van der Waals surface area contributed by atoms with Crippen molar-refractivity contribution in [2.45, 2.75) is 53.6 Å². The molecule has 0 saturated carbocycles. The topological polar surface area (TPSA) is 86.8 Å². The Morgan fingerprint density at radius 3 is 2.18 bits per heavy atom. The number of carbonyl (C=O) groups excluding carboxylic acids is 2. The summed E-state index contributed by atoms with van der Waals surface area (Å²) in [6.45, 7) is 10.0. The van der Waals surface area contributed by atoms with Gasteiger partial charge in [-0.3, -0.25) is 13.9 Å². The fraction of sp³-hybridized carbons (Fsp3) is 0.462. The first-order valence-electron chi connectivity index (χ1n) is 11.6. The van der Waals surface area contributed by atoms with Gasteiger partial charge in [-0.15, -0.1) is 0 Å². The van der Waals surface area contributed by atoms with Gasteiger partial charge in [0.1, 0.15) is 12.6 Å². The van der Waals surface area contributed by atoms with Gasteiger partial charge in [-0.05, 0) is 49.4 Å². The Kier molecular flexibility index (Phi) is 9.67. The molecule has 0 fully saturated rings. The summed E-state index contributed by atoms with van der Waals surface area (Å²) in [5.41, 5.74) is 3.26. The maximum Gasteiger partial charge on any atom is 0.244 e. The van der Waals surface area contributed by atoms with Gasteiger partial charge < -0.3 is 10.2 Å². The zero-order valence-electron chi connectivity index (χ0n) is 21.0. The number of nitrogens with zero attached hydrogens (tertiary/aromatic N) is 2. The van der Waals surface area contributed by atoms with Crippen LogP contribution in [0.15, 0.2) is 48.5 Å². The molecule has 0 aliphatic rings. The van der Waals surface area contributed by atoms with E-state index in [0.29, 0.717) is 18.7 Å². The summed E-state index contributed by atoms with van der Waals surface area (Å²) in [6.07, 6.45) is 1.49. The van der Waals surface area contributed by atoms with Gasteiger partial charge in [0.25, 0.3) is 0 Å². The van der Waals surface area contributed by atoms with Gasteiger partial charge in [0.15, 0.2) is 0 Å². The highest BCUT2D eigenvalue weighted by atomic mass is 32.2. The molecule has 0 radical (unpaired) electrons. The van der Waals surface area contributed by atoms with Gasteiger partial charge in [0.05, 0.1) is 11.9 Å². The van der Waals surface area contributed by atoms with E-state index < -0.39 is 22.0 Å². The third kappa shape index (κ3) is 7.87. The number of carbonyl (C=O) groups is 2. The van der Waals surface area contributed by atoms with Crippen molar-refractivity contribution >= 4 is 27.5 Å². The summed E-state index contributed by atoms with van der Waals surface area (Å²) in [6, 6.07) is 14.0. The summed E-state index contributed by atoms with van der Waals surface area (Å²) in [7, 11) is -3.73. The van der Waals surface area contributed by atoms with Gasteiger partial charge in [-0.2, -0.15) is 0 Å². The molecule has 2 aromatic rings. The maximum atomic E-state index is 13.6. The number of amides is 2. The van der Waals surface area contributed by atoms with Crippen LogP contribution >= 0.6 is 0 Å². The molecule has 2 rings (SSSR count).